The van der Waals surface area contributed by atoms with Crippen LogP contribution in [0.3, 0.4) is 0 Å². The van der Waals surface area contributed by atoms with Gasteiger partial charge in [0.15, 0.2) is 0 Å². The minimum absolute atomic E-state index is 0.118. The number of carbonyl (C=O) groups is 1. The Hall–Kier alpha value is -3.42. The molecule has 25 heavy (non-hydrogen) atoms. The van der Waals surface area contributed by atoms with Crippen LogP contribution in [-0.4, -0.2) is 37.2 Å². The highest BCUT2D eigenvalue weighted by molar-refractivity contribution is 5.92. The Morgan fingerprint density at radius 1 is 1.32 bits per heavy atom. The fourth-order valence-electron chi connectivity index (χ4n) is 2.80. The van der Waals surface area contributed by atoms with Crippen LogP contribution in [0.15, 0.2) is 49.2 Å². The topological polar surface area (TPSA) is 88.0 Å². The van der Waals surface area contributed by atoms with Gasteiger partial charge in [0, 0.05) is 29.7 Å². The van der Waals surface area contributed by atoms with E-state index in [1.807, 2.05) is 37.3 Å². The van der Waals surface area contributed by atoms with Crippen molar-refractivity contribution >= 4 is 23.2 Å². The van der Waals surface area contributed by atoms with Crippen molar-refractivity contribution in [2.75, 3.05) is 17.2 Å². The molecule has 1 aromatic carbocycles. The molecule has 8 nitrogen and oxygen atoms in total. The summed E-state index contributed by atoms with van der Waals surface area (Å²) in [6, 6.07) is 9.67. The summed E-state index contributed by atoms with van der Waals surface area (Å²) in [5.41, 5.74) is 3.71. The fraction of sp³-hybridized carbons (Fsp3) is 0.176. The maximum absolute atomic E-state index is 12.0. The first-order valence-electron chi connectivity index (χ1n) is 8.00. The second-order valence-electron chi connectivity index (χ2n) is 5.65. The van der Waals surface area contributed by atoms with Gasteiger partial charge in [-0.1, -0.05) is 6.07 Å². The van der Waals surface area contributed by atoms with E-state index in [0.717, 1.165) is 22.6 Å². The monoisotopic (exact) mass is 335 g/mol. The Morgan fingerprint density at radius 3 is 3.04 bits per heavy atom. The van der Waals surface area contributed by atoms with Crippen LogP contribution in [0.5, 0.6) is 0 Å². The van der Waals surface area contributed by atoms with Crippen LogP contribution in [-0.2, 0) is 6.54 Å². The molecule has 0 aliphatic carbocycles. The molecule has 3 aromatic rings. The minimum atomic E-state index is -0.118. The number of pyridine rings is 1. The van der Waals surface area contributed by atoms with Crippen molar-refractivity contribution in [1.82, 2.24) is 24.6 Å². The van der Waals surface area contributed by atoms with Gasteiger partial charge in [-0.2, -0.15) is 5.10 Å². The lowest BCUT2D eigenvalue weighted by molar-refractivity contribution is 0.209. The van der Waals surface area contributed by atoms with E-state index in [4.69, 9.17) is 0 Å². The molecule has 0 fully saturated rings. The van der Waals surface area contributed by atoms with E-state index in [2.05, 4.69) is 25.7 Å². The Labute approximate surface area is 144 Å². The summed E-state index contributed by atoms with van der Waals surface area (Å²) in [6.07, 6.45) is 4.84. The zero-order chi connectivity index (χ0) is 17.2. The molecule has 1 aliphatic heterocycles. The van der Waals surface area contributed by atoms with Gasteiger partial charge < -0.3 is 10.2 Å². The highest BCUT2D eigenvalue weighted by Gasteiger charge is 2.24. The number of anilines is 3. The molecule has 0 atom stereocenters. The molecule has 4 rings (SSSR count). The summed E-state index contributed by atoms with van der Waals surface area (Å²) in [4.78, 5) is 22.0. The molecule has 2 amide bonds. The van der Waals surface area contributed by atoms with Crippen LogP contribution >= 0.6 is 0 Å². The summed E-state index contributed by atoms with van der Waals surface area (Å²) in [5, 5.41) is 10.4. The number of urea groups is 1. The summed E-state index contributed by atoms with van der Waals surface area (Å²) in [6.45, 7) is 3.12. The maximum Gasteiger partial charge on any atom is 0.323 e. The smallest absolute Gasteiger partial charge is 0.323 e. The first kappa shape index (κ1) is 15.1. The van der Waals surface area contributed by atoms with Crippen molar-refractivity contribution in [2.24, 2.45) is 0 Å². The molecule has 2 N–H and O–H groups in total. The number of hydrogen-bond donors (Lipinski definition) is 2. The first-order chi connectivity index (χ1) is 12.2. The molecule has 3 heterocycles. The van der Waals surface area contributed by atoms with E-state index in [1.54, 1.807) is 22.1 Å². The second-order valence-corrected chi connectivity index (χ2v) is 5.65. The molecule has 2 aromatic heterocycles. The highest BCUT2D eigenvalue weighted by Crippen LogP contribution is 2.30. The number of carbonyl (C=O) groups excluding carboxylic acids is 1. The van der Waals surface area contributed by atoms with Crippen molar-refractivity contribution in [1.29, 1.82) is 0 Å². The number of fused-ring (bicyclic) bond motifs is 1. The van der Waals surface area contributed by atoms with Gasteiger partial charge in [-0.25, -0.2) is 19.4 Å². The minimum Gasteiger partial charge on any atom is -0.355 e. The van der Waals surface area contributed by atoms with E-state index >= 15 is 0 Å². The molecule has 8 heteroatoms. The standard InChI is InChI=1S/C17H17N7O/c1-2-23-9-14-15(6-7-19-16(14)22-17(23)25)21-12-4-3-5-13(8-12)24-11-18-10-20-24/h3-8,10-11H,2,9H2,1H3,(H2,19,21,22,25). The van der Waals surface area contributed by atoms with Crippen molar-refractivity contribution in [3.05, 3.63) is 54.7 Å². The van der Waals surface area contributed by atoms with Gasteiger partial charge in [-0.15, -0.1) is 0 Å². The van der Waals surface area contributed by atoms with Gasteiger partial charge >= 0.3 is 6.03 Å². The first-order valence-corrected chi connectivity index (χ1v) is 8.00. The molecule has 0 radical (unpaired) electrons. The van der Waals surface area contributed by atoms with Crippen molar-refractivity contribution in [3.8, 4) is 5.69 Å². The third-order valence-electron chi connectivity index (χ3n) is 4.11. The molecule has 126 valence electrons. The van der Waals surface area contributed by atoms with E-state index in [1.165, 1.54) is 6.33 Å². The lowest BCUT2D eigenvalue weighted by atomic mass is 10.1. The summed E-state index contributed by atoms with van der Waals surface area (Å²) >= 11 is 0. The number of aromatic nitrogens is 4. The predicted molar refractivity (Wildman–Crippen MR) is 94.0 cm³/mol. The normalized spacial score (nSPS) is 13.3. The third kappa shape index (κ3) is 2.89. The van der Waals surface area contributed by atoms with E-state index < -0.39 is 0 Å². The Bertz CT molecular complexity index is 907. The Morgan fingerprint density at radius 2 is 2.24 bits per heavy atom. The summed E-state index contributed by atoms with van der Waals surface area (Å²) < 4.78 is 1.70. The number of nitrogens with zero attached hydrogens (tertiary/aromatic N) is 5. The highest BCUT2D eigenvalue weighted by atomic mass is 16.2. The number of hydrogen-bond acceptors (Lipinski definition) is 5. The van der Waals surface area contributed by atoms with Gasteiger partial charge in [0.2, 0.25) is 0 Å². The third-order valence-corrected chi connectivity index (χ3v) is 4.11. The SMILES string of the molecule is CCN1Cc2c(Nc3cccc(-n4cncn4)c3)ccnc2NC1=O. The van der Waals surface area contributed by atoms with Crippen LogP contribution in [0.2, 0.25) is 0 Å². The van der Waals surface area contributed by atoms with E-state index in [9.17, 15) is 4.79 Å². The quantitative estimate of drug-likeness (QED) is 0.765. The van der Waals surface area contributed by atoms with Crippen LogP contribution in [0.4, 0.5) is 22.0 Å². The summed E-state index contributed by atoms with van der Waals surface area (Å²) in [5.74, 6) is 0.604. The average Bonchev–Trinajstić information content (AvgIpc) is 3.16. The van der Waals surface area contributed by atoms with Gasteiger partial charge in [0.25, 0.3) is 0 Å². The molecule has 0 saturated heterocycles. The fourth-order valence-corrected chi connectivity index (χ4v) is 2.80. The number of benzene rings is 1. The lowest BCUT2D eigenvalue weighted by Gasteiger charge is -2.29. The molecular formula is C17H17N7O. The summed E-state index contributed by atoms with van der Waals surface area (Å²) in [7, 11) is 0. The zero-order valence-corrected chi connectivity index (χ0v) is 13.7. The second kappa shape index (κ2) is 6.23. The van der Waals surface area contributed by atoms with Crippen molar-refractivity contribution in [3.63, 3.8) is 0 Å². The average molecular weight is 335 g/mol. The molecular weight excluding hydrogens is 318 g/mol. The van der Waals surface area contributed by atoms with E-state index in [-0.39, 0.29) is 6.03 Å². The van der Waals surface area contributed by atoms with Crippen molar-refractivity contribution in [2.45, 2.75) is 13.5 Å². The lowest BCUT2D eigenvalue weighted by Crippen LogP contribution is -2.39. The van der Waals surface area contributed by atoms with Crippen LogP contribution in [0.25, 0.3) is 5.69 Å². The molecule has 0 bridgehead atoms. The molecule has 0 spiro atoms. The number of amides is 2. The Kier molecular flexibility index (Phi) is 3.77. The van der Waals surface area contributed by atoms with Crippen LogP contribution in [0, 0.1) is 0 Å². The molecule has 1 aliphatic rings. The molecule has 0 unspecified atom stereocenters. The maximum atomic E-state index is 12.0. The number of rotatable bonds is 4. The van der Waals surface area contributed by atoms with Crippen molar-refractivity contribution < 1.29 is 4.79 Å². The van der Waals surface area contributed by atoms with Crippen LogP contribution < -0.4 is 10.6 Å². The van der Waals surface area contributed by atoms with Gasteiger partial charge in [-0.3, -0.25) is 5.32 Å². The largest absolute Gasteiger partial charge is 0.355 e. The zero-order valence-electron chi connectivity index (χ0n) is 13.7. The van der Waals surface area contributed by atoms with Gasteiger partial charge in [0.05, 0.1) is 12.2 Å². The predicted octanol–water partition coefficient (Wildman–Crippen LogP) is 2.77. The Balaban J connectivity index is 1.65. The van der Waals surface area contributed by atoms with Gasteiger partial charge in [-0.05, 0) is 31.2 Å². The van der Waals surface area contributed by atoms with E-state index in [0.29, 0.717) is 18.9 Å². The van der Waals surface area contributed by atoms with Gasteiger partial charge in [0.1, 0.15) is 18.5 Å². The van der Waals surface area contributed by atoms with Crippen LogP contribution in [0.1, 0.15) is 12.5 Å². The number of nitrogens with one attached hydrogen (secondary N) is 2. The molecule has 0 saturated carbocycles.